The number of nitrogens with zero attached hydrogens (tertiary/aromatic N) is 2. The molecule has 0 aromatic carbocycles. The Hall–Kier alpha value is -1.66. The molecule has 5 nitrogen and oxygen atoms in total. The molecule has 2 rings (SSSR count). The monoisotopic (exact) mass is 308 g/mol. The van der Waals surface area contributed by atoms with Gasteiger partial charge in [-0.1, -0.05) is 0 Å². The van der Waals surface area contributed by atoms with Crippen molar-refractivity contribution in [2.45, 2.75) is 13.8 Å². The first-order valence-electron chi connectivity index (χ1n) is 7.01. The van der Waals surface area contributed by atoms with Crippen LogP contribution in [0.4, 0.5) is 5.00 Å². The van der Waals surface area contributed by atoms with Crippen LogP contribution in [0.3, 0.4) is 0 Å². The van der Waals surface area contributed by atoms with Crippen molar-refractivity contribution in [2.24, 2.45) is 0 Å². The Kier molecular flexibility index (Phi) is 5.52. The highest BCUT2D eigenvalue weighted by molar-refractivity contribution is 7.23. The van der Waals surface area contributed by atoms with Gasteiger partial charge >= 0.3 is 5.97 Å². The molecule has 0 fully saturated rings. The van der Waals surface area contributed by atoms with E-state index in [0.29, 0.717) is 24.3 Å². The number of aromatic nitrogens is 1. The molecule has 0 radical (unpaired) electrons. The molecule has 0 aliphatic rings. The number of fused-ring (bicyclic) bond motifs is 1. The molecule has 0 aliphatic heterocycles. The minimum Gasteiger partial charge on any atom is -0.462 e. The lowest BCUT2D eigenvalue weighted by molar-refractivity contribution is 0.0529. The summed E-state index contributed by atoms with van der Waals surface area (Å²) in [7, 11) is 1.67. The Morgan fingerprint density at radius 2 is 2.24 bits per heavy atom. The first-order chi connectivity index (χ1) is 10.2. The van der Waals surface area contributed by atoms with E-state index in [9.17, 15) is 4.79 Å². The van der Waals surface area contributed by atoms with E-state index in [1.807, 2.05) is 19.1 Å². The van der Waals surface area contributed by atoms with Crippen LogP contribution in [0.15, 0.2) is 18.3 Å². The third-order valence-electron chi connectivity index (χ3n) is 3.14. The maximum absolute atomic E-state index is 12.3. The third kappa shape index (κ3) is 3.33. The average Bonchev–Trinajstić information content (AvgIpc) is 2.87. The summed E-state index contributed by atoms with van der Waals surface area (Å²) in [6, 6.07) is 3.85. The van der Waals surface area contributed by atoms with Gasteiger partial charge < -0.3 is 14.4 Å². The molecule has 2 aromatic heterocycles. The molecule has 2 heterocycles. The summed E-state index contributed by atoms with van der Waals surface area (Å²) in [5, 5.41) is 0.904. The summed E-state index contributed by atoms with van der Waals surface area (Å²) in [6.45, 7) is 6.35. The zero-order valence-electron chi connectivity index (χ0n) is 12.6. The number of hydrogen-bond donors (Lipinski definition) is 0. The van der Waals surface area contributed by atoms with E-state index in [2.05, 4.69) is 16.8 Å². The third-order valence-corrected chi connectivity index (χ3v) is 4.35. The largest absolute Gasteiger partial charge is 0.462 e. The van der Waals surface area contributed by atoms with Crippen LogP contribution < -0.4 is 4.90 Å². The van der Waals surface area contributed by atoms with E-state index in [-0.39, 0.29) is 5.97 Å². The zero-order chi connectivity index (χ0) is 15.2. The van der Waals surface area contributed by atoms with Crippen molar-refractivity contribution in [3.8, 4) is 0 Å². The number of anilines is 1. The Balaban J connectivity index is 2.49. The lowest BCUT2D eigenvalue weighted by Gasteiger charge is -2.21. The second-order valence-electron chi connectivity index (χ2n) is 4.43. The molecule has 2 aromatic rings. The minimum atomic E-state index is -0.312. The van der Waals surface area contributed by atoms with Gasteiger partial charge in [-0.05, 0) is 26.0 Å². The first-order valence-corrected chi connectivity index (χ1v) is 7.83. The highest BCUT2D eigenvalue weighted by atomic mass is 32.1. The molecule has 0 amide bonds. The number of ether oxygens (including phenoxy) is 2. The van der Waals surface area contributed by atoms with Crippen LogP contribution in [0.1, 0.15) is 24.2 Å². The van der Waals surface area contributed by atoms with Crippen molar-refractivity contribution >= 4 is 32.5 Å². The number of carbonyl (C=O) groups excluding carboxylic acids is 1. The number of rotatable bonds is 7. The van der Waals surface area contributed by atoms with Gasteiger partial charge in [0.25, 0.3) is 0 Å². The highest BCUT2D eigenvalue weighted by Crippen LogP contribution is 2.37. The van der Waals surface area contributed by atoms with Gasteiger partial charge in [-0.25, -0.2) is 4.79 Å². The number of likely N-dealkylation sites (N-methyl/N-ethyl adjacent to an activating group) is 1. The Labute approximate surface area is 128 Å². The van der Waals surface area contributed by atoms with E-state index < -0.39 is 0 Å². The van der Waals surface area contributed by atoms with E-state index in [1.54, 1.807) is 24.6 Å². The fourth-order valence-corrected chi connectivity index (χ4v) is 3.37. The summed E-state index contributed by atoms with van der Waals surface area (Å²) >= 11 is 1.57. The maximum atomic E-state index is 12.3. The summed E-state index contributed by atoms with van der Waals surface area (Å²) in [4.78, 5) is 18.8. The van der Waals surface area contributed by atoms with Gasteiger partial charge in [0.2, 0.25) is 0 Å². The molecule has 0 atom stereocenters. The fourth-order valence-electron chi connectivity index (χ4n) is 2.13. The second-order valence-corrected chi connectivity index (χ2v) is 5.46. The van der Waals surface area contributed by atoms with E-state index in [0.717, 1.165) is 22.8 Å². The Morgan fingerprint density at radius 1 is 1.43 bits per heavy atom. The fraction of sp³-hybridized carbons (Fsp3) is 0.467. The molecule has 0 spiro atoms. The van der Waals surface area contributed by atoms with Gasteiger partial charge in [0.15, 0.2) is 0 Å². The van der Waals surface area contributed by atoms with Gasteiger partial charge in [-0.2, -0.15) is 0 Å². The van der Waals surface area contributed by atoms with Gasteiger partial charge in [0.05, 0.1) is 23.4 Å². The van der Waals surface area contributed by atoms with Gasteiger partial charge in [-0.3, -0.25) is 4.98 Å². The van der Waals surface area contributed by atoms with E-state index >= 15 is 0 Å². The zero-order valence-corrected chi connectivity index (χ0v) is 13.4. The topological polar surface area (TPSA) is 51.7 Å². The number of thiophene rings is 1. The minimum absolute atomic E-state index is 0.312. The molecule has 0 N–H and O–H groups in total. The molecule has 0 aliphatic carbocycles. The average molecular weight is 308 g/mol. The van der Waals surface area contributed by atoms with Crippen molar-refractivity contribution in [3.05, 3.63) is 23.9 Å². The number of pyridine rings is 1. The van der Waals surface area contributed by atoms with Crippen LogP contribution in [0, 0.1) is 0 Å². The van der Waals surface area contributed by atoms with Crippen molar-refractivity contribution in [3.63, 3.8) is 0 Å². The number of esters is 1. The Bertz CT molecular complexity index is 612. The van der Waals surface area contributed by atoms with Crippen molar-refractivity contribution in [2.75, 3.05) is 38.3 Å². The first kappa shape index (κ1) is 15.7. The maximum Gasteiger partial charge on any atom is 0.343 e. The predicted molar refractivity (Wildman–Crippen MR) is 85.3 cm³/mol. The second kappa shape index (κ2) is 7.38. The molecule has 0 bridgehead atoms. The van der Waals surface area contributed by atoms with Gasteiger partial charge in [0, 0.05) is 26.4 Å². The summed E-state index contributed by atoms with van der Waals surface area (Å²) in [5.41, 5.74) is 1.28. The molecule has 0 saturated carbocycles. The molecule has 114 valence electrons. The van der Waals surface area contributed by atoms with Crippen LogP contribution >= 0.6 is 11.3 Å². The summed E-state index contributed by atoms with van der Waals surface area (Å²) < 4.78 is 11.3. The predicted octanol–water partition coefficient (Wildman–Crippen LogP) is 2.95. The van der Waals surface area contributed by atoms with Gasteiger partial charge in [0.1, 0.15) is 10.6 Å². The molecule has 0 unspecified atom stereocenters. The molecular weight excluding hydrogens is 288 g/mol. The molecular formula is C15H20N2O3S. The lowest BCUT2D eigenvalue weighted by Crippen LogP contribution is -2.27. The Morgan fingerprint density at radius 3 is 2.90 bits per heavy atom. The van der Waals surface area contributed by atoms with Crippen molar-refractivity contribution < 1.29 is 14.3 Å². The van der Waals surface area contributed by atoms with E-state index in [4.69, 9.17) is 9.47 Å². The number of methoxy groups -OCH3 is 1. The quantitative estimate of drug-likeness (QED) is 0.736. The van der Waals surface area contributed by atoms with Crippen molar-refractivity contribution in [1.82, 2.24) is 4.98 Å². The smallest absolute Gasteiger partial charge is 0.343 e. The highest BCUT2D eigenvalue weighted by Gasteiger charge is 2.24. The van der Waals surface area contributed by atoms with Gasteiger partial charge in [-0.15, -0.1) is 11.3 Å². The normalized spacial score (nSPS) is 10.8. The van der Waals surface area contributed by atoms with Crippen molar-refractivity contribution in [1.29, 1.82) is 0 Å². The molecule has 0 saturated heterocycles. The lowest BCUT2D eigenvalue weighted by atomic mass is 10.2. The standard InChI is InChI=1S/C15H20N2O3S/c1-4-17(9-10-19-3)14-12(15(18)20-5-2)13-11(21-14)7-6-8-16-13/h6-8H,4-5,9-10H2,1-3H3. The van der Waals surface area contributed by atoms with Crippen LogP contribution in [-0.2, 0) is 9.47 Å². The molecule has 21 heavy (non-hydrogen) atoms. The van der Waals surface area contributed by atoms with Crippen LogP contribution in [0.5, 0.6) is 0 Å². The molecule has 6 heteroatoms. The van der Waals surface area contributed by atoms with E-state index in [1.165, 1.54) is 0 Å². The van der Waals surface area contributed by atoms with Crippen LogP contribution in [0.25, 0.3) is 10.2 Å². The summed E-state index contributed by atoms with van der Waals surface area (Å²) in [6.07, 6.45) is 1.70. The van der Waals surface area contributed by atoms with Crippen LogP contribution in [-0.4, -0.2) is 44.4 Å². The number of hydrogen-bond acceptors (Lipinski definition) is 6. The number of carbonyl (C=O) groups is 1. The van der Waals surface area contributed by atoms with Crippen LogP contribution in [0.2, 0.25) is 0 Å². The summed E-state index contributed by atoms with van der Waals surface area (Å²) in [5.74, 6) is -0.312. The SMILES string of the molecule is CCOC(=O)c1c(N(CC)CCOC)sc2cccnc12.